The molecule has 0 spiro atoms. The summed E-state index contributed by atoms with van der Waals surface area (Å²) in [5.74, 6) is -0.578. The summed E-state index contributed by atoms with van der Waals surface area (Å²) in [6.45, 7) is 2.78. The highest BCUT2D eigenvalue weighted by molar-refractivity contribution is 5.94. The SMILES string of the molecule is O=C(NCc1ccc(C(F)(F)F)cc1)c1ccc(CN2CCOc3nc([N+](=O)[O-])cn3CC2)cc1. The molecule has 35 heavy (non-hydrogen) atoms. The van der Waals surface area contributed by atoms with Crippen molar-refractivity contribution in [1.29, 1.82) is 0 Å². The van der Waals surface area contributed by atoms with Crippen LogP contribution in [0.1, 0.15) is 27.0 Å². The quantitative estimate of drug-likeness (QED) is 0.419. The van der Waals surface area contributed by atoms with E-state index < -0.39 is 16.7 Å². The molecule has 4 rings (SSSR count). The second-order valence-electron chi connectivity index (χ2n) is 8.03. The largest absolute Gasteiger partial charge is 0.444 e. The fraction of sp³-hybridized carbons (Fsp3) is 0.304. The van der Waals surface area contributed by atoms with Crippen molar-refractivity contribution in [2.75, 3.05) is 19.7 Å². The summed E-state index contributed by atoms with van der Waals surface area (Å²) in [6.07, 6.45) is -3.04. The van der Waals surface area contributed by atoms with Crippen molar-refractivity contribution in [2.24, 2.45) is 0 Å². The number of hydrogen-bond acceptors (Lipinski definition) is 6. The van der Waals surface area contributed by atoms with E-state index in [4.69, 9.17) is 4.74 Å². The van der Waals surface area contributed by atoms with Crippen molar-refractivity contribution >= 4 is 11.7 Å². The van der Waals surface area contributed by atoms with Gasteiger partial charge in [0.05, 0.1) is 5.56 Å². The number of carbonyl (C=O) groups excluding carboxylic acids is 1. The average Bonchev–Trinajstić information content (AvgIpc) is 3.22. The first kappa shape index (κ1) is 24.2. The zero-order valence-corrected chi connectivity index (χ0v) is 18.5. The molecule has 1 amide bonds. The molecule has 2 aromatic carbocycles. The second kappa shape index (κ2) is 10.1. The number of nitro groups is 1. The summed E-state index contributed by atoms with van der Waals surface area (Å²) in [4.78, 5) is 28.8. The number of halogens is 3. The number of amides is 1. The van der Waals surface area contributed by atoms with Crippen molar-refractivity contribution in [3.63, 3.8) is 0 Å². The van der Waals surface area contributed by atoms with Crippen molar-refractivity contribution in [3.8, 4) is 6.01 Å². The monoisotopic (exact) mass is 489 g/mol. The van der Waals surface area contributed by atoms with Crippen LogP contribution in [0, 0.1) is 10.1 Å². The van der Waals surface area contributed by atoms with Gasteiger partial charge in [0.1, 0.15) is 12.8 Å². The molecular formula is C23H22F3N5O4. The fourth-order valence-electron chi connectivity index (χ4n) is 3.65. The summed E-state index contributed by atoms with van der Waals surface area (Å²) in [5.41, 5.74) is 1.24. The van der Waals surface area contributed by atoms with Crippen LogP contribution in [0.3, 0.4) is 0 Å². The molecule has 12 heteroatoms. The van der Waals surface area contributed by atoms with Gasteiger partial charge in [0.2, 0.25) is 0 Å². The Morgan fingerprint density at radius 1 is 1.06 bits per heavy atom. The molecule has 1 N–H and O–H groups in total. The lowest BCUT2D eigenvalue weighted by molar-refractivity contribution is -0.389. The molecule has 0 saturated heterocycles. The Kier molecular flexibility index (Phi) is 7.01. The molecule has 0 atom stereocenters. The Morgan fingerprint density at radius 2 is 1.74 bits per heavy atom. The number of hydrogen-bond donors (Lipinski definition) is 1. The third kappa shape index (κ3) is 6.15. The first-order valence-corrected chi connectivity index (χ1v) is 10.8. The van der Waals surface area contributed by atoms with Crippen LogP contribution in [0.4, 0.5) is 19.0 Å². The van der Waals surface area contributed by atoms with E-state index in [1.807, 2.05) is 12.1 Å². The standard InChI is InChI=1S/C23H22F3N5O4/c24-23(25,26)19-7-3-16(4-8-19)13-27-21(32)18-5-1-17(2-6-18)14-29-9-10-30-15-20(31(33)34)28-22(30)35-12-11-29/h1-8,15H,9-14H2,(H,27,32). The van der Waals surface area contributed by atoms with E-state index in [1.165, 1.54) is 18.3 Å². The highest BCUT2D eigenvalue weighted by atomic mass is 19.4. The number of imidazole rings is 1. The van der Waals surface area contributed by atoms with Crippen molar-refractivity contribution in [2.45, 2.75) is 25.8 Å². The zero-order chi connectivity index (χ0) is 25.0. The Morgan fingerprint density at radius 3 is 2.40 bits per heavy atom. The minimum Gasteiger partial charge on any atom is -0.444 e. The van der Waals surface area contributed by atoms with Gasteiger partial charge in [-0.25, -0.2) is 0 Å². The van der Waals surface area contributed by atoms with E-state index in [9.17, 15) is 28.1 Å². The molecular weight excluding hydrogens is 467 g/mol. The number of aromatic nitrogens is 2. The van der Waals surface area contributed by atoms with E-state index in [2.05, 4.69) is 15.2 Å². The van der Waals surface area contributed by atoms with E-state index >= 15 is 0 Å². The van der Waals surface area contributed by atoms with E-state index in [-0.39, 0.29) is 24.3 Å². The molecule has 0 unspecified atom stereocenters. The van der Waals surface area contributed by atoms with Crippen LogP contribution in [0.2, 0.25) is 0 Å². The summed E-state index contributed by atoms with van der Waals surface area (Å²) in [5, 5.41) is 13.6. The maximum Gasteiger partial charge on any atom is 0.416 e. The summed E-state index contributed by atoms with van der Waals surface area (Å²) < 4.78 is 45.1. The maximum absolute atomic E-state index is 12.7. The number of fused-ring (bicyclic) bond motifs is 1. The van der Waals surface area contributed by atoms with Gasteiger partial charge in [0.25, 0.3) is 5.91 Å². The third-order valence-corrected chi connectivity index (χ3v) is 5.57. The van der Waals surface area contributed by atoms with E-state index in [0.29, 0.717) is 43.9 Å². The predicted molar refractivity (Wildman–Crippen MR) is 119 cm³/mol. The topological polar surface area (TPSA) is 103 Å². The smallest absolute Gasteiger partial charge is 0.416 e. The van der Waals surface area contributed by atoms with Crippen LogP contribution in [0.25, 0.3) is 0 Å². The number of benzene rings is 2. The Hall–Kier alpha value is -3.93. The molecule has 0 fully saturated rings. The zero-order valence-electron chi connectivity index (χ0n) is 18.5. The van der Waals surface area contributed by atoms with Crippen LogP contribution >= 0.6 is 0 Å². The van der Waals surface area contributed by atoms with Crippen molar-refractivity contribution in [3.05, 3.63) is 87.1 Å². The molecule has 0 bridgehead atoms. The molecule has 184 valence electrons. The summed E-state index contributed by atoms with van der Waals surface area (Å²) in [6, 6.07) is 11.9. The Balaban J connectivity index is 1.29. The first-order valence-electron chi connectivity index (χ1n) is 10.8. The number of nitrogens with one attached hydrogen (secondary N) is 1. The minimum atomic E-state index is -4.40. The summed E-state index contributed by atoms with van der Waals surface area (Å²) in [7, 11) is 0. The Bertz CT molecular complexity index is 1190. The van der Waals surface area contributed by atoms with Gasteiger partial charge in [-0.1, -0.05) is 24.3 Å². The normalized spacial score (nSPS) is 14.4. The molecule has 2 heterocycles. The minimum absolute atomic E-state index is 0.112. The molecule has 0 aliphatic carbocycles. The summed E-state index contributed by atoms with van der Waals surface area (Å²) >= 11 is 0. The van der Waals surface area contributed by atoms with Crippen molar-refractivity contribution in [1.82, 2.24) is 19.8 Å². The third-order valence-electron chi connectivity index (χ3n) is 5.57. The number of ether oxygens (including phenoxy) is 1. The van der Waals surface area contributed by atoms with Gasteiger partial charge < -0.3 is 20.2 Å². The second-order valence-corrected chi connectivity index (χ2v) is 8.03. The van der Waals surface area contributed by atoms with Crippen LogP contribution < -0.4 is 10.1 Å². The van der Waals surface area contributed by atoms with Gasteiger partial charge in [-0.15, -0.1) is 0 Å². The lowest BCUT2D eigenvalue weighted by Gasteiger charge is -2.24. The van der Waals surface area contributed by atoms with Crippen LogP contribution in [-0.4, -0.2) is 45.0 Å². The van der Waals surface area contributed by atoms with Crippen LogP contribution in [0.15, 0.2) is 54.7 Å². The Labute approximate surface area is 198 Å². The maximum atomic E-state index is 12.7. The van der Waals surface area contributed by atoms with Gasteiger partial charge in [0.15, 0.2) is 0 Å². The van der Waals surface area contributed by atoms with E-state index in [0.717, 1.165) is 17.7 Å². The van der Waals surface area contributed by atoms with E-state index in [1.54, 1.807) is 16.7 Å². The van der Waals surface area contributed by atoms with Gasteiger partial charge >= 0.3 is 18.0 Å². The van der Waals surface area contributed by atoms with Crippen LogP contribution in [0.5, 0.6) is 6.01 Å². The molecule has 1 aliphatic heterocycles. The first-order chi connectivity index (χ1) is 16.7. The number of nitrogens with zero attached hydrogens (tertiary/aromatic N) is 4. The molecule has 9 nitrogen and oxygen atoms in total. The highest BCUT2D eigenvalue weighted by Gasteiger charge is 2.30. The van der Waals surface area contributed by atoms with Gasteiger partial charge in [0, 0.05) is 43.3 Å². The fourth-order valence-corrected chi connectivity index (χ4v) is 3.65. The highest BCUT2D eigenvalue weighted by Crippen LogP contribution is 2.29. The number of carbonyl (C=O) groups is 1. The molecule has 0 saturated carbocycles. The molecule has 0 radical (unpaired) electrons. The number of rotatable bonds is 6. The molecule has 3 aromatic rings. The van der Waals surface area contributed by atoms with Crippen LogP contribution in [-0.2, 0) is 25.8 Å². The average molecular weight is 489 g/mol. The van der Waals surface area contributed by atoms with Gasteiger partial charge in [-0.3, -0.25) is 14.3 Å². The predicted octanol–water partition coefficient (Wildman–Crippen LogP) is 3.63. The van der Waals surface area contributed by atoms with Gasteiger partial charge in [-0.2, -0.15) is 13.2 Å². The lowest BCUT2D eigenvalue weighted by Crippen LogP contribution is -2.33. The lowest BCUT2D eigenvalue weighted by atomic mass is 10.1. The molecule has 1 aliphatic rings. The van der Waals surface area contributed by atoms with Crippen molar-refractivity contribution < 1.29 is 27.6 Å². The van der Waals surface area contributed by atoms with Gasteiger partial charge in [-0.05, 0) is 40.3 Å². The number of alkyl halides is 3. The molecule has 1 aromatic heterocycles.